The highest BCUT2D eigenvalue weighted by molar-refractivity contribution is 5.28. The Kier molecular flexibility index (Phi) is 7.41. The van der Waals surface area contributed by atoms with Crippen LogP contribution in [0.5, 0.6) is 5.75 Å². The first-order valence-electron chi connectivity index (χ1n) is 6.29. The van der Waals surface area contributed by atoms with Gasteiger partial charge in [-0.3, -0.25) is 0 Å². The van der Waals surface area contributed by atoms with Gasteiger partial charge >= 0.3 is 0 Å². The van der Waals surface area contributed by atoms with Crippen molar-refractivity contribution in [2.75, 3.05) is 33.5 Å². The highest BCUT2D eigenvalue weighted by Gasteiger charge is 1.99. The van der Waals surface area contributed by atoms with E-state index in [2.05, 4.69) is 0 Å². The highest BCUT2D eigenvalue weighted by Crippen LogP contribution is 2.15. The Morgan fingerprint density at radius 2 is 1.78 bits per heavy atom. The van der Waals surface area contributed by atoms with E-state index in [9.17, 15) is 0 Å². The van der Waals surface area contributed by atoms with Crippen LogP contribution in [0.2, 0.25) is 0 Å². The van der Waals surface area contributed by atoms with Gasteiger partial charge in [0.2, 0.25) is 0 Å². The smallest absolute Gasteiger partial charge is 0.119 e. The molecule has 0 aromatic heterocycles. The number of ether oxygens (including phenoxy) is 3. The maximum atomic E-state index is 5.77. The SMILES string of the molecule is COCCCOCCOc1ccc([C@@H](C)N)cc1. The van der Waals surface area contributed by atoms with Crippen LogP contribution < -0.4 is 10.5 Å². The average Bonchev–Trinajstić information content (AvgIpc) is 2.38. The third-order valence-corrected chi connectivity index (χ3v) is 2.54. The molecule has 1 atom stereocenters. The van der Waals surface area contributed by atoms with E-state index in [0.29, 0.717) is 19.8 Å². The molecule has 1 aromatic carbocycles. The van der Waals surface area contributed by atoms with Crippen molar-refractivity contribution in [3.63, 3.8) is 0 Å². The van der Waals surface area contributed by atoms with Crippen LogP contribution in [0.15, 0.2) is 24.3 Å². The Bertz CT molecular complexity index is 311. The van der Waals surface area contributed by atoms with Crippen molar-refractivity contribution in [2.24, 2.45) is 5.73 Å². The fraction of sp³-hybridized carbons (Fsp3) is 0.571. The van der Waals surface area contributed by atoms with Gasteiger partial charge in [0.25, 0.3) is 0 Å². The highest BCUT2D eigenvalue weighted by atomic mass is 16.5. The molecule has 0 unspecified atom stereocenters. The second-order valence-electron chi connectivity index (χ2n) is 4.16. The molecule has 0 amide bonds. The van der Waals surface area contributed by atoms with Crippen LogP contribution in [-0.2, 0) is 9.47 Å². The van der Waals surface area contributed by atoms with Gasteiger partial charge in [-0.25, -0.2) is 0 Å². The summed E-state index contributed by atoms with van der Waals surface area (Å²) in [6.07, 6.45) is 0.916. The minimum atomic E-state index is 0.0585. The van der Waals surface area contributed by atoms with E-state index in [-0.39, 0.29) is 6.04 Å². The number of rotatable bonds is 9. The van der Waals surface area contributed by atoms with Crippen LogP contribution in [0.3, 0.4) is 0 Å². The lowest BCUT2D eigenvalue weighted by Gasteiger charge is -2.09. The molecule has 0 spiro atoms. The van der Waals surface area contributed by atoms with Crippen molar-refractivity contribution in [1.29, 1.82) is 0 Å². The lowest BCUT2D eigenvalue weighted by Crippen LogP contribution is -2.09. The number of methoxy groups -OCH3 is 1. The molecule has 0 saturated carbocycles. The zero-order valence-electron chi connectivity index (χ0n) is 11.2. The van der Waals surface area contributed by atoms with Crippen molar-refractivity contribution in [1.82, 2.24) is 0 Å². The minimum absolute atomic E-state index is 0.0585. The molecule has 0 aliphatic carbocycles. The van der Waals surface area contributed by atoms with E-state index in [4.69, 9.17) is 19.9 Å². The molecule has 2 N–H and O–H groups in total. The quantitative estimate of drug-likeness (QED) is 0.685. The number of nitrogens with two attached hydrogens (primary N) is 1. The summed E-state index contributed by atoms with van der Waals surface area (Å²) in [5, 5.41) is 0. The predicted octanol–water partition coefficient (Wildman–Crippen LogP) is 2.14. The molecule has 102 valence electrons. The van der Waals surface area contributed by atoms with E-state index in [1.165, 1.54) is 0 Å². The van der Waals surface area contributed by atoms with Gasteiger partial charge in [0, 0.05) is 26.4 Å². The second-order valence-corrected chi connectivity index (χ2v) is 4.16. The van der Waals surface area contributed by atoms with Crippen molar-refractivity contribution in [3.8, 4) is 5.75 Å². The van der Waals surface area contributed by atoms with Gasteiger partial charge in [0.1, 0.15) is 12.4 Å². The van der Waals surface area contributed by atoms with E-state index in [0.717, 1.165) is 24.3 Å². The van der Waals surface area contributed by atoms with Gasteiger partial charge < -0.3 is 19.9 Å². The first-order valence-corrected chi connectivity index (χ1v) is 6.29. The van der Waals surface area contributed by atoms with Crippen LogP contribution >= 0.6 is 0 Å². The van der Waals surface area contributed by atoms with Crippen LogP contribution in [0.25, 0.3) is 0 Å². The largest absolute Gasteiger partial charge is 0.491 e. The molecule has 0 aliphatic heterocycles. The number of benzene rings is 1. The van der Waals surface area contributed by atoms with Gasteiger partial charge in [-0.1, -0.05) is 12.1 Å². The summed E-state index contributed by atoms with van der Waals surface area (Å²) in [5.74, 6) is 0.847. The predicted molar refractivity (Wildman–Crippen MR) is 71.9 cm³/mol. The molecule has 1 aromatic rings. The maximum absolute atomic E-state index is 5.77. The van der Waals surface area contributed by atoms with E-state index < -0.39 is 0 Å². The summed E-state index contributed by atoms with van der Waals surface area (Å²) in [4.78, 5) is 0. The van der Waals surface area contributed by atoms with Crippen LogP contribution in [-0.4, -0.2) is 33.5 Å². The molecular weight excluding hydrogens is 230 g/mol. The molecule has 4 nitrogen and oxygen atoms in total. The van der Waals surface area contributed by atoms with Crippen LogP contribution in [0, 0.1) is 0 Å². The first kappa shape index (κ1) is 15.0. The Labute approximate surface area is 109 Å². The molecule has 0 fully saturated rings. The zero-order chi connectivity index (χ0) is 13.2. The van der Waals surface area contributed by atoms with Gasteiger partial charge in [-0.05, 0) is 31.0 Å². The number of hydrogen-bond acceptors (Lipinski definition) is 4. The molecule has 0 bridgehead atoms. The summed E-state index contributed by atoms with van der Waals surface area (Å²) in [5.41, 5.74) is 6.88. The molecule has 0 saturated heterocycles. The third-order valence-electron chi connectivity index (χ3n) is 2.54. The molecular formula is C14H23NO3. The normalized spacial score (nSPS) is 12.4. The van der Waals surface area contributed by atoms with E-state index in [1.54, 1.807) is 7.11 Å². The lowest BCUT2D eigenvalue weighted by molar-refractivity contribution is 0.0806. The lowest BCUT2D eigenvalue weighted by atomic mass is 10.1. The van der Waals surface area contributed by atoms with Gasteiger partial charge in [-0.15, -0.1) is 0 Å². The Balaban J connectivity index is 2.12. The summed E-state index contributed by atoms with van der Waals surface area (Å²) in [6, 6.07) is 7.90. The topological polar surface area (TPSA) is 53.7 Å². The molecule has 18 heavy (non-hydrogen) atoms. The van der Waals surface area contributed by atoms with Crippen LogP contribution in [0.4, 0.5) is 0 Å². The minimum Gasteiger partial charge on any atom is -0.491 e. The van der Waals surface area contributed by atoms with Crippen LogP contribution in [0.1, 0.15) is 24.9 Å². The van der Waals surface area contributed by atoms with Crippen molar-refractivity contribution < 1.29 is 14.2 Å². The molecule has 4 heteroatoms. The Hall–Kier alpha value is -1.10. The zero-order valence-corrected chi connectivity index (χ0v) is 11.2. The Morgan fingerprint density at radius 3 is 2.39 bits per heavy atom. The summed E-state index contributed by atoms with van der Waals surface area (Å²) in [6.45, 7) is 4.56. The molecule has 1 rings (SSSR count). The Morgan fingerprint density at radius 1 is 1.06 bits per heavy atom. The second kappa shape index (κ2) is 8.91. The van der Waals surface area contributed by atoms with Gasteiger partial charge in [0.15, 0.2) is 0 Å². The summed E-state index contributed by atoms with van der Waals surface area (Å²) < 4.78 is 15.9. The first-order chi connectivity index (χ1) is 8.74. The summed E-state index contributed by atoms with van der Waals surface area (Å²) >= 11 is 0. The fourth-order valence-electron chi connectivity index (χ4n) is 1.49. The van der Waals surface area contributed by atoms with Crippen molar-refractivity contribution in [2.45, 2.75) is 19.4 Å². The number of hydrogen-bond donors (Lipinski definition) is 1. The molecule has 0 aliphatic rings. The van der Waals surface area contributed by atoms with Crippen molar-refractivity contribution in [3.05, 3.63) is 29.8 Å². The third kappa shape index (κ3) is 6.00. The monoisotopic (exact) mass is 253 g/mol. The fourth-order valence-corrected chi connectivity index (χ4v) is 1.49. The van der Waals surface area contributed by atoms with E-state index >= 15 is 0 Å². The molecule has 0 heterocycles. The van der Waals surface area contributed by atoms with Gasteiger partial charge in [0.05, 0.1) is 6.61 Å². The van der Waals surface area contributed by atoms with Crippen molar-refractivity contribution >= 4 is 0 Å². The molecule has 0 radical (unpaired) electrons. The average molecular weight is 253 g/mol. The standard InChI is InChI=1S/C14H23NO3/c1-12(15)13-4-6-14(7-5-13)18-11-10-17-9-3-8-16-2/h4-7,12H,3,8-11,15H2,1-2H3/t12-/m1/s1. The van der Waals surface area contributed by atoms with E-state index in [1.807, 2.05) is 31.2 Å². The summed E-state index contributed by atoms with van der Waals surface area (Å²) in [7, 11) is 1.69. The van der Waals surface area contributed by atoms with Gasteiger partial charge in [-0.2, -0.15) is 0 Å². The maximum Gasteiger partial charge on any atom is 0.119 e.